The van der Waals surface area contributed by atoms with Gasteiger partial charge < -0.3 is 14.4 Å². The second kappa shape index (κ2) is 9.67. The molecule has 1 aliphatic carbocycles. The Morgan fingerprint density at radius 2 is 1.77 bits per heavy atom. The number of hydrogen-bond acceptors (Lipinski definition) is 7. The summed E-state index contributed by atoms with van der Waals surface area (Å²) < 4.78 is 12.2. The first-order valence-corrected chi connectivity index (χ1v) is 13.4. The van der Waals surface area contributed by atoms with Gasteiger partial charge >= 0.3 is 12.1 Å². The molecule has 6 rings (SSSR count). The van der Waals surface area contributed by atoms with Crippen molar-refractivity contribution < 1.29 is 24.0 Å². The lowest BCUT2D eigenvalue weighted by atomic mass is 9.93. The van der Waals surface area contributed by atoms with Crippen LogP contribution in [0.25, 0.3) is 32.7 Å². The van der Waals surface area contributed by atoms with E-state index in [2.05, 4.69) is 15.5 Å². The van der Waals surface area contributed by atoms with Gasteiger partial charge in [0.05, 0.1) is 21.1 Å². The Bertz CT molecular complexity index is 1690. The zero-order chi connectivity index (χ0) is 27.1. The van der Waals surface area contributed by atoms with Gasteiger partial charge in [0, 0.05) is 11.1 Å². The van der Waals surface area contributed by atoms with Gasteiger partial charge in [0.15, 0.2) is 5.76 Å². The van der Waals surface area contributed by atoms with Crippen molar-refractivity contribution in [1.29, 1.82) is 0 Å². The standard InChI is InChI=1S/C30H25N3O5S/c1-17-24(32-29(36)37-18(2)19-6-4-3-5-7-19)26(38-33-17)23-13-12-22(25-27(23)39-16-31-25)20-8-10-21(11-9-20)30(14-15-30)28(34)35/h3-13,16,18H,14-15H2,1-2H3,(H,32,36)(H,34,35). The molecule has 2 heterocycles. The molecular formula is C30H25N3O5S. The summed E-state index contributed by atoms with van der Waals surface area (Å²) in [6.45, 7) is 3.57. The number of amides is 1. The maximum atomic E-state index is 12.8. The van der Waals surface area contributed by atoms with Crippen LogP contribution in [-0.2, 0) is 14.9 Å². The van der Waals surface area contributed by atoms with Gasteiger partial charge in [-0.3, -0.25) is 10.1 Å². The molecule has 2 N–H and O–H groups in total. The average Bonchev–Trinajstić information content (AvgIpc) is 3.49. The SMILES string of the molecule is Cc1noc(-c2ccc(-c3ccc(C4(C(=O)O)CC4)cc3)c3ncsc23)c1NC(=O)OC(C)c1ccccc1. The van der Waals surface area contributed by atoms with Crippen LogP contribution < -0.4 is 5.32 Å². The van der Waals surface area contributed by atoms with Crippen molar-refractivity contribution in [2.75, 3.05) is 5.32 Å². The quantitative estimate of drug-likeness (QED) is 0.222. The van der Waals surface area contributed by atoms with Crippen LogP contribution in [0, 0.1) is 6.92 Å². The number of rotatable bonds is 7. The molecule has 9 heteroatoms. The van der Waals surface area contributed by atoms with Gasteiger partial charge in [-0.25, -0.2) is 9.78 Å². The molecule has 1 fully saturated rings. The van der Waals surface area contributed by atoms with Crippen molar-refractivity contribution in [1.82, 2.24) is 10.1 Å². The molecule has 8 nitrogen and oxygen atoms in total. The van der Waals surface area contributed by atoms with Crippen molar-refractivity contribution in [3.8, 4) is 22.5 Å². The molecule has 3 aromatic carbocycles. The van der Waals surface area contributed by atoms with Crippen LogP contribution in [0.15, 0.2) is 76.8 Å². The maximum Gasteiger partial charge on any atom is 0.412 e. The molecule has 0 saturated heterocycles. The Morgan fingerprint density at radius 3 is 2.46 bits per heavy atom. The Morgan fingerprint density at radius 1 is 1.05 bits per heavy atom. The number of hydrogen-bond donors (Lipinski definition) is 2. The molecule has 1 saturated carbocycles. The number of nitrogens with one attached hydrogen (secondary N) is 1. The summed E-state index contributed by atoms with van der Waals surface area (Å²) in [7, 11) is 0. The van der Waals surface area contributed by atoms with Gasteiger partial charge in [-0.1, -0.05) is 65.8 Å². The van der Waals surface area contributed by atoms with Crippen LogP contribution in [0.1, 0.15) is 42.7 Å². The predicted octanol–water partition coefficient (Wildman–Crippen LogP) is 7.35. The lowest BCUT2D eigenvalue weighted by Gasteiger charge is -2.14. The largest absolute Gasteiger partial charge is 0.481 e. The first-order valence-electron chi connectivity index (χ1n) is 12.6. The molecule has 5 aromatic rings. The Kier molecular flexibility index (Phi) is 6.15. The van der Waals surface area contributed by atoms with Crippen molar-refractivity contribution in [2.24, 2.45) is 0 Å². The average molecular weight is 540 g/mol. The summed E-state index contributed by atoms with van der Waals surface area (Å²) in [5.74, 6) is -0.350. The molecule has 0 spiro atoms. The molecular weight excluding hydrogens is 514 g/mol. The van der Waals surface area contributed by atoms with E-state index in [1.165, 1.54) is 11.3 Å². The molecule has 1 aliphatic rings. The van der Waals surface area contributed by atoms with E-state index in [9.17, 15) is 14.7 Å². The number of carbonyl (C=O) groups is 2. The van der Waals surface area contributed by atoms with Crippen molar-refractivity contribution in [3.63, 3.8) is 0 Å². The van der Waals surface area contributed by atoms with Gasteiger partial charge in [0.2, 0.25) is 0 Å². The number of aryl methyl sites for hydroxylation is 1. The molecule has 196 valence electrons. The summed E-state index contributed by atoms with van der Waals surface area (Å²) >= 11 is 1.46. The summed E-state index contributed by atoms with van der Waals surface area (Å²) in [6.07, 6.45) is 0.293. The molecule has 2 aromatic heterocycles. The number of carboxylic acids is 1. The lowest BCUT2D eigenvalue weighted by molar-refractivity contribution is -0.140. The van der Waals surface area contributed by atoms with Gasteiger partial charge in [0.25, 0.3) is 0 Å². The smallest absolute Gasteiger partial charge is 0.412 e. The van der Waals surface area contributed by atoms with E-state index in [0.717, 1.165) is 38.0 Å². The summed E-state index contributed by atoms with van der Waals surface area (Å²) in [6, 6.07) is 21.1. The minimum atomic E-state index is -0.772. The number of aliphatic carboxylic acids is 1. The van der Waals surface area contributed by atoms with Gasteiger partial charge in [0.1, 0.15) is 17.5 Å². The molecule has 1 atom stereocenters. The number of benzene rings is 3. The molecule has 1 unspecified atom stereocenters. The second-order valence-electron chi connectivity index (χ2n) is 9.71. The van der Waals surface area contributed by atoms with E-state index in [1.54, 1.807) is 12.4 Å². The molecule has 1 amide bonds. The fourth-order valence-electron chi connectivity index (χ4n) is 4.87. The maximum absolute atomic E-state index is 12.8. The molecule has 0 aliphatic heterocycles. The van der Waals surface area contributed by atoms with E-state index < -0.39 is 23.6 Å². The monoisotopic (exact) mass is 539 g/mol. The lowest BCUT2D eigenvalue weighted by Crippen LogP contribution is -2.19. The first kappa shape index (κ1) is 24.8. The third-order valence-electron chi connectivity index (χ3n) is 7.28. The van der Waals surface area contributed by atoms with Gasteiger partial charge in [-0.2, -0.15) is 0 Å². The number of ether oxygens (including phenoxy) is 1. The molecule has 39 heavy (non-hydrogen) atoms. The topological polar surface area (TPSA) is 115 Å². The second-order valence-corrected chi connectivity index (χ2v) is 10.6. The Labute approximate surface area is 228 Å². The number of carbonyl (C=O) groups excluding carboxylic acids is 1. The van der Waals surface area contributed by atoms with Crippen molar-refractivity contribution >= 4 is 39.3 Å². The van der Waals surface area contributed by atoms with Crippen LogP contribution in [0.4, 0.5) is 10.5 Å². The van der Waals surface area contributed by atoms with Gasteiger partial charge in [-0.05, 0) is 49.4 Å². The summed E-state index contributed by atoms with van der Waals surface area (Å²) in [5, 5.41) is 16.5. The highest BCUT2D eigenvalue weighted by Crippen LogP contribution is 2.49. The molecule has 0 bridgehead atoms. The summed E-state index contributed by atoms with van der Waals surface area (Å²) in [4.78, 5) is 29.1. The summed E-state index contributed by atoms with van der Waals surface area (Å²) in [5.41, 5.74) is 7.10. The van der Waals surface area contributed by atoms with Crippen molar-refractivity contribution in [2.45, 2.75) is 38.2 Å². The van der Waals surface area contributed by atoms with Crippen molar-refractivity contribution in [3.05, 3.63) is 89.1 Å². The zero-order valence-electron chi connectivity index (χ0n) is 21.3. The zero-order valence-corrected chi connectivity index (χ0v) is 22.1. The van der Waals surface area contributed by atoms with Crippen LogP contribution in [0.2, 0.25) is 0 Å². The van der Waals surface area contributed by atoms with Crippen LogP contribution in [-0.4, -0.2) is 27.3 Å². The third-order valence-corrected chi connectivity index (χ3v) is 8.14. The fourth-order valence-corrected chi connectivity index (χ4v) is 5.69. The van der Waals surface area contributed by atoms with E-state index in [-0.39, 0.29) is 0 Å². The predicted molar refractivity (Wildman–Crippen MR) is 149 cm³/mol. The van der Waals surface area contributed by atoms with Crippen LogP contribution >= 0.6 is 11.3 Å². The van der Waals surface area contributed by atoms with E-state index in [0.29, 0.717) is 30.0 Å². The van der Waals surface area contributed by atoms with Crippen LogP contribution in [0.3, 0.4) is 0 Å². The van der Waals surface area contributed by atoms with E-state index >= 15 is 0 Å². The van der Waals surface area contributed by atoms with E-state index in [4.69, 9.17) is 9.26 Å². The number of fused-ring (bicyclic) bond motifs is 1. The fraction of sp³-hybridized carbons (Fsp3) is 0.200. The number of nitrogens with zero attached hydrogens (tertiary/aromatic N) is 2. The highest BCUT2D eigenvalue weighted by Gasteiger charge is 2.51. The minimum Gasteiger partial charge on any atom is -0.481 e. The molecule has 0 radical (unpaired) electrons. The van der Waals surface area contributed by atoms with E-state index in [1.807, 2.05) is 73.7 Å². The van der Waals surface area contributed by atoms with Crippen LogP contribution in [0.5, 0.6) is 0 Å². The highest BCUT2D eigenvalue weighted by atomic mass is 32.1. The minimum absolute atomic E-state index is 0.421. The number of thiazole rings is 1. The normalized spacial score (nSPS) is 14.6. The number of anilines is 1. The Balaban J connectivity index is 1.29. The number of carboxylic acid groups (broad SMARTS) is 1. The van der Waals surface area contributed by atoms with Gasteiger partial charge in [-0.15, -0.1) is 11.3 Å². The highest BCUT2D eigenvalue weighted by molar-refractivity contribution is 7.17. The third kappa shape index (κ3) is 4.44. The first-order chi connectivity index (χ1) is 18.9. The Hall–Kier alpha value is -4.50. The number of aromatic nitrogens is 2.